The van der Waals surface area contributed by atoms with Crippen LogP contribution >= 0.6 is 0 Å². The Morgan fingerprint density at radius 3 is 1.83 bits per heavy atom. The van der Waals surface area contributed by atoms with Gasteiger partial charge in [-0.1, -0.05) is 34.6 Å². The van der Waals surface area contributed by atoms with Crippen LogP contribution in [0.5, 0.6) is 0 Å². The minimum atomic E-state index is 0.879. The van der Waals surface area contributed by atoms with Crippen LogP contribution in [0.15, 0.2) is 0 Å². The lowest BCUT2D eigenvalue weighted by molar-refractivity contribution is 0.386. The summed E-state index contributed by atoms with van der Waals surface area (Å²) in [5.41, 5.74) is 0. The van der Waals surface area contributed by atoms with Crippen LogP contribution in [0.25, 0.3) is 0 Å². The molecule has 1 fully saturated rings. The molecule has 1 aliphatic carbocycles. The third-order valence-electron chi connectivity index (χ3n) is 3.59. The minimum Gasteiger partial charge on any atom is -0.0628 e. The Labute approximate surface area is 77.7 Å². The van der Waals surface area contributed by atoms with E-state index in [-0.39, 0.29) is 0 Å². The molecule has 12 heavy (non-hydrogen) atoms. The van der Waals surface area contributed by atoms with E-state index in [0.29, 0.717) is 0 Å². The zero-order valence-corrected chi connectivity index (χ0v) is 9.30. The van der Waals surface area contributed by atoms with Crippen LogP contribution in [0.2, 0.25) is 0 Å². The zero-order chi connectivity index (χ0) is 9.30. The van der Waals surface area contributed by atoms with Crippen LogP contribution in [0, 0.1) is 29.6 Å². The molecule has 0 aromatic rings. The summed E-state index contributed by atoms with van der Waals surface area (Å²) < 4.78 is 0. The Bertz CT molecular complexity index is 129. The highest BCUT2D eigenvalue weighted by Crippen LogP contribution is 2.49. The van der Waals surface area contributed by atoms with Gasteiger partial charge in [0, 0.05) is 0 Å². The molecule has 1 aliphatic rings. The van der Waals surface area contributed by atoms with E-state index < -0.39 is 0 Å². The SMILES string of the molecule is CC(C)CC(C)CC1C(C)C1C. The van der Waals surface area contributed by atoms with Crippen molar-refractivity contribution in [2.45, 2.75) is 47.5 Å². The molecule has 0 heteroatoms. The molecule has 0 heterocycles. The summed E-state index contributed by atoms with van der Waals surface area (Å²) in [6, 6.07) is 0. The maximum atomic E-state index is 2.41. The smallest absolute Gasteiger partial charge is 0.0355 e. The predicted molar refractivity (Wildman–Crippen MR) is 55.1 cm³/mol. The summed E-state index contributed by atoms with van der Waals surface area (Å²) >= 11 is 0. The van der Waals surface area contributed by atoms with Crippen molar-refractivity contribution in [3.8, 4) is 0 Å². The first kappa shape index (κ1) is 10.1. The molecule has 0 N–H and O–H groups in total. The van der Waals surface area contributed by atoms with Crippen molar-refractivity contribution in [1.82, 2.24) is 0 Å². The second kappa shape index (κ2) is 3.81. The molecule has 0 amide bonds. The van der Waals surface area contributed by atoms with E-state index in [1.54, 1.807) is 0 Å². The largest absolute Gasteiger partial charge is 0.0628 e. The molecule has 0 nitrogen and oxygen atoms in total. The van der Waals surface area contributed by atoms with Crippen LogP contribution in [0.1, 0.15) is 47.5 Å². The average molecular weight is 168 g/mol. The fraction of sp³-hybridized carbons (Fsp3) is 1.00. The normalized spacial score (nSPS) is 37.0. The van der Waals surface area contributed by atoms with Crippen molar-refractivity contribution < 1.29 is 0 Å². The van der Waals surface area contributed by atoms with Gasteiger partial charge in [0.15, 0.2) is 0 Å². The van der Waals surface area contributed by atoms with Gasteiger partial charge in [-0.25, -0.2) is 0 Å². The summed E-state index contributed by atoms with van der Waals surface area (Å²) in [4.78, 5) is 0. The van der Waals surface area contributed by atoms with Crippen LogP contribution < -0.4 is 0 Å². The third-order valence-corrected chi connectivity index (χ3v) is 3.59. The summed E-state index contributed by atoms with van der Waals surface area (Å²) in [6.07, 6.45) is 2.89. The Balaban J connectivity index is 2.15. The van der Waals surface area contributed by atoms with Gasteiger partial charge in [0.2, 0.25) is 0 Å². The second-order valence-corrected chi connectivity index (χ2v) is 5.35. The van der Waals surface area contributed by atoms with Crippen molar-refractivity contribution >= 4 is 0 Å². The fourth-order valence-electron chi connectivity index (χ4n) is 2.56. The molecule has 1 saturated carbocycles. The number of rotatable bonds is 4. The van der Waals surface area contributed by atoms with Crippen LogP contribution in [0.4, 0.5) is 0 Å². The summed E-state index contributed by atoms with van der Waals surface area (Å²) in [5.74, 6) is 4.91. The molecule has 0 aromatic carbocycles. The molecular weight excluding hydrogens is 144 g/mol. The zero-order valence-electron chi connectivity index (χ0n) is 9.30. The van der Waals surface area contributed by atoms with Gasteiger partial charge in [0.05, 0.1) is 0 Å². The van der Waals surface area contributed by atoms with Gasteiger partial charge in [-0.2, -0.15) is 0 Å². The minimum absolute atomic E-state index is 0.879. The van der Waals surface area contributed by atoms with E-state index in [9.17, 15) is 0 Å². The Morgan fingerprint density at radius 1 is 1.00 bits per heavy atom. The number of hydrogen-bond acceptors (Lipinski definition) is 0. The van der Waals surface area contributed by atoms with Crippen LogP contribution in [-0.2, 0) is 0 Å². The van der Waals surface area contributed by atoms with Gasteiger partial charge in [-0.3, -0.25) is 0 Å². The first-order chi connectivity index (χ1) is 5.52. The quantitative estimate of drug-likeness (QED) is 0.596. The summed E-state index contributed by atoms with van der Waals surface area (Å²) in [7, 11) is 0. The van der Waals surface area contributed by atoms with Gasteiger partial charge in [0.25, 0.3) is 0 Å². The van der Waals surface area contributed by atoms with E-state index in [1.165, 1.54) is 12.8 Å². The molecule has 0 spiro atoms. The molecule has 0 saturated heterocycles. The Kier molecular flexibility index (Phi) is 3.20. The molecule has 0 aliphatic heterocycles. The Hall–Kier alpha value is 0. The molecule has 1 rings (SSSR count). The van der Waals surface area contributed by atoms with Gasteiger partial charge in [-0.05, 0) is 42.4 Å². The average Bonchev–Trinajstić information content (AvgIpc) is 2.43. The molecule has 0 radical (unpaired) electrons. The van der Waals surface area contributed by atoms with Crippen LogP contribution in [0.3, 0.4) is 0 Å². The summed E-state index contributed by atoms with van der Waals surface area (Å²) in [6.45, 7) is 11.9. The van der Waals surface area contributed by atoms with Crippen molar-refractivity contribution in [2.75, 3.05) is 0 Å². The summed E-state index contributed by atoms with van der Waals surface area (Å²) in [5, 5.41) is 0. The molecule has 72 valence electrons. The van der Waals surface area contributed by atoms with E-state index >= 15 is 0 Å². The van der Waals surface area contributed by atoms with Gasteiger partial charge >= 0.3 is 0 Å². The van der Waals surface area contributed by atoms with Crippen molar-refractivity contribution in [3.63, 3.8) is 0 Å². The lowest BCUT2D eigenvalue weighted by Crippen LogP contribution is -2.01. The van der Waals surface area contributed by atoms with E-state index in [1.807, 2.05) is 0 Å². The van der Waals surface area contributed by atoms with Crippen LogP contribution in [-0.4, -0.2) is 0 Å². The molecular formula is C12H24. The monoisotopic (exact) mass is 168 g/mol. The number of hydrogen-bond donors (Lipinski definition) is 0. The highest BCUT2D eigenvalue weighted by Gasteiger charge is 2.42. The standard InChI is InChI=1S/C12H24/c1-8(2)6-9(3)7-12-10(4)11(12)5/h8-12H,6-7H2,1-5H3. The lowest BCUT2D eigenvalue weighted by atomic mass is 9.93. The molecule has 0 bridgehead atoms. The molecule has 3 unspecified atom stereocenters. The van der Waals surface area contributed by atoms with Crippen molar-refractivity contribution in [3.05, 3.63) is 0 Å². The van der Waals surface area contributed by atoms with Crippen molar-refractivity contribution in [2.24, 2.45) is 29.6 Å². The topological polar surface area (TPSA) is 0 Å². The second-order valence-electron chi connectivity index (χ2n) is 5.35. The highest BCUT2D eigenvalue weighted by atomic mass is 14.5. The maximum Gasteiger partial charge on any atom is -0.0355 e. The molecule has 3 atom stereocenters. The van der Waals surface area contributed by atoms with E-state index in [0.717, 1.165) is 29.6 Å². The molecule has 0 aromatic heterocycles. The van der Waals surface area contributed by atoms with Gasteiger partial charge in [-0.15, -0.1) is 0 Å². The van der Waals surface area contributed by atoms with Gasteiger partial charge in [0.1, 0.15) is 0 Å². The maximum absolute atomic E-state index is 2.41. The van der Waals surface area contributed by atoms with Crippen molar-refractivity contribution in [1.29, 1.82) is 0 Å². The van der Waals surface area contributed by atoms with E-state index in [4.69, 9.17) is 0 Å². The Morgan fingerprint density at radius 2 is 1.50 bits per heavy atom. The lowest BCUT2D eigenvalue weighted by Gasteiger charge is -2.13. The van der Waals surface area contributed by atoms with Gasteiger partial charge < -0.3 is 0 Å². The first-order valence-electron chi connectivity index (χ1n) is 5.52. The third kappa shape index (κ3) is 2.50. The fourth-order valence-corrected chi connectivity index (χ4v) is 2.56. The highest BCUT2D eigenvalue weighted by molar-refractivity contribution is 4.91. The van der Waals surface area contributed by atoms with E-state index in [2.05, 4.69) is 34.6 Å². The first-order valence-corrected chi connectivity index (χ1v) is 5.52. The predicted octanol–water partition coefficient (Wildman–Crippen LogP) is 3.96.